The molecule has 0 radical (unpaired) electrons. The first-order valence-electron chi connectivity index (χ1n) is 12.7. The normalized spacial score (nSPS) is 26.5. The summed E-state index contributed by atoms with van der Waals surface area (Å²) in [5.74, 6) is 0. The van der Waals surface area contributed by atoms with E-state index >= 15 is 0 Å². The van der Waals surface area contributed by atoms with Gasteiger partial charge in [-0.3, -0.25) is 4.90 Å². The predicted molar refractivity (Wildman–Crippen MR) is 123 cm³/mol. The lowest BCUT2D eigenvalue weighted by atomic mass is 9.68. The fourth-order valence-corrected chi connectivity index (χ4v) is 6.97. The zero-order valence-corrected chi connectivity index (χ0v) is 19.0. The number of hydrogen-bond acceptors (Lipinski definition) is 3. The summed E-state index contributed by atoms with van der Waals surface area (Å²) in [6, 6.07) is 10.6. The summed E-state index contributed by atoms with van der Waals surface area (Å²) in [5, 5.41) is 9.25. The van der Waals surface area contributed by atoms with Crippen molar-refractivity contribution in [3.63, 3.8) is 0 Å². The van der Waals surface area contributed by atoms with E-state index in [1.54, 1.807) is 16.0 Å². The molecule has 1 aliphatic carbocycles. The second kappa shape index (κ2) is 9.11. The Morgan fingerprint density at radius 3 is 2.16 bits per heavy atom. The molecule has 0 atom stereocenters. The molecule has 5 nitrogen and oxygen atoms in total. The topological polar surface area (TPSA) is 47.0 Å². The van der Waals surface area contributed by atoms with Crippen molar-refractivity contribution in [1.29, 1.82) is 0 Å². The smallest absolute Gasteiger partial charge is 0.407 e. The molecule has 3 heterocycles. The second-order valence-corrected chi connectivity index (χ2v) is 10.5. The fraction of sp³-hybridized carbons (Fsp3) is 0.731. The molecule has 0 bridgehead atoms. The van der Waals surface area contributed by atoms with E-state index in [-0.39, 0.29) is 0 Å². The number of nitrogens with zero attached hydrogens (tertiary/aromatic N) is 3. The molecule has 1 aromatic carbocycles. The standard InChI is InChI=1S/C26H39N3O2/c30-25(31)28-15-11-23(12-16-28)27-17-13-26(14-18-27)20-29(22-8-3-1-2-4-9-22)19-21-7-5-6-10-24(21)26/h5-7,10,22-23H,1-4,8-9,11-20H2,(H,30,31). The molecule has 1 amide bonds. The Kier molecular flexibility index (Phi) is 6.25. The van der Waals surface area contributed by atoms with E-state index < -0.39 is 6.09 Å². The summed E-state index contributed by atoms with van der Waals surface area (Å²) < 4.78 is 0. The minimum absolute atomic E-state index is 0.305. The molecule has 4 aliphatic rings. The molecule has 3 aliphatic heterocycles. The van der Waals surface area contributed by atoms with Crippen LogP contribution in [0.5, 0.6) is 0 Å². The first-order valence-corrected chi connectivity index (χ1v) is 12.7. The Bertz CT molecular complexity index is 758. The highest BCUT2D eigenvalue weighted by molar-refractivity contribution is 5.65. The highest BCUT2D eigenvalue weighted by atomic mass is 16.4. The van der Waals surface area contributed by atoms with Crippen LogP contribution >= 0.6 is 0 Å². The molecule has 1 saturated carbocycles. The van der Waals surface area contributed by atoms with E-state index in [2.05, 4.69) is 34.1 Å². The molecule has 5 rings (SSSR count). The van der Waals surface area contributed by atoms with Gasteiger partial charge in [0.2, 0.25) is 0 Å². The van der Waals surface area contributed by atoms with Crippen molar-refractivity contribution in [2.45, 2.75) is 88.3 Å². The van der Waals surface area contributed by atoms with Crippen molar-refractivity contribution in [3.8, 4) is 0 Å². The Balaban J connectivity index is 1.29. The molecule has 0 aromatic heterocycles. The van der Waals surface area contributed by atoms with Crippen LogP contribution in [-0.4, -0.2) is 70.7 Å². The van der Waals surface area contributed by atoms with Crippen LogP contribution in [0.2, 0.25) is 0 Å². The molecule has 5 heteroatoms. The number of fused-ring (bicyclic) bond motifs is 2. The van der Waals surface area contributed by atoms with Crippen molar-refractivity contribution in [2.24, 2.45) is 0 Å². The van der Waals surface area contributed by atoms with Gasteiger partial charge >= 0.3 is 6.09 Å². The van der Waals surface area contributed by atoms with Crippen molar-refractivity contribution >= 4 is 6.09 Å². The van der Waals surface area contributed by atoms with Crippen LogP contribution in [0.3, 0.4) is 0 Å². The van der Waals surface area contributed by atoms with Gasteiger partial charge in [0.25, 0.3) is 0 Å². The van der Waals surface area contributed by atoms with Gasteiger partial charge < -0.3 is 14.9 Å². The van der Waals surface area contributed by atoms with Crippen LogP contribution in [0.4, 0.5) is 4.79 Å². The molecule has 1 N–H and O–H groups in total. The minimum Gasteiger partial charge on any atom is -0.465 e. The maximum absolute atomic E-state index is 11.2. The van der Waals surface area contributed by atoms with Gasteiger partial charge in [0.15, 0.2) is 0 Å². The average molecular weight is 426 g/mol. The first kappa shape index (κ1) is 21.3. The summed E-state index contributed by atoms with van der Waals surface area (Å²) in [6.45, 7) is 6.08. The van der Waals surface area contributed by atoms with E-state index in [1.807, 2.05) is 0 Å². The minimum atomic E-state index is -0.756. The van der Waals surface area contributed by atoms with Crippen LogP contribution in [0.1, 0.15) is 75.3 Å². The number of likely N-dealkylation sites (tertiary alicyclic amines) is 2. The summed E-state index contributed by atoms with van der Waals surface area (Å²) >= 11 is 0. The molecular formula is C26H39N3O2. The van der Waals surface area contributed by atoms with Gasteiger partial charge in [-0.2, -0.15) is 0 Å². The zero-order chi connectivity index (χ0) is 21.3. The summed E-state index contributed by atoms with van der Waals surface area (Å²) in [5.41, 5.74) is 3.50. The molecule has 3 fully saturated rings. The van der Waals surface area contributed by atoms with Crippen LogP contribution in [0, 0.1) is 0 Å². The van der Waals surface area contributed by atoms with Crippen molar-refractivity contribution in [1.82, 2.24) is 14.7 Å². The molecule has 1 spiro atoms. The third kappa shape index (κ3) is 4.36. The number of rotatable bonds is 2. The molecule has 2 saturated heterocycles. The number of piperidine rings is 2. The Labute approximate surface area is 187 Å². The van der Waals surface area contributed by atoms with E-state index in [1.165, 1.54) is 57.9 Å². The quantitative estimate of drug-likeness (QED) is 0.698. The maximum atomic E-state index is 11.2. The predicted octanol–water partition coefficient (Wildman–Crippen LogP) is 4.70. The van der Waals surface area contributed by atoms with E-state index in [4.69, 9.17) is 0 Å². The maximum Gasteiger partial charge on any atom is 0.407 e. The van der Waals surface area contributed by atoms with Crippen LogP contribution in [0.15, 0.2) is 24.3 Å². The summed E-state index contributed by atoms with van der Waals surface area (Å²) in [4.78, 5) is 18.4. The number of carboxylic acid groups (broad SMARTS) is 1. The second-order valence-electron chi connectivity index (χ2n) is 10.5. The van der Waals surface area contributed by atoms with E-state index in [0.717, 1.165) is 38.5 Å². The molecule has 31 heavy (non-hydrogen) atoms. The Hall–Kier alpha value is -1.59. The molecule has 1 aromatic rings. The lowest BCUT2D eigenvalue weighted by Crippen LogP contribution is -2.56. The lowest BCUT2D eigenvalue weighted by Gasteiger charge is -2.52. The molecule has 0 unspecified atom stereocenters. The third-order valence-electron chi connectivity index (χ3n) is 8.82. The number of hydrogen-bond donors (Lipinski definition) is 1. The van der Waals surface area contributed by atoms with Crippen molar-refractivity contribution in [2.75, 3.05) is 32.7 Å². The molecular weight excluding hydrogens is 386 g/mol. The SMILES string of the molecule is O=C(O)N1CCC(N2CCC3(CC2)CN(C2CCCCCC2)Cc2ccccc23)CC1. The van der Waals surface area contributed by atoms with Crippen LogP contribution in [0.25, 0.3) is 0 Å². The van der Waals surface area contributed by atoms with E-state index in [0.29, 0.717) is 24.5 Å². The largest absolute Gasteiger partial charge is 0.465 e. The highest BCUT2D eigenvalue weighted by Crippen LogP contribution is 2.44. The fourth-order valence-electron chi connectivity index (χ4n) is 6.97. The average Bonchev–Trinajstić information content (AvgIpc) is 3.09. The van der Waals surface area contributed by atoms with Crippen molar-refractivity contribution < 1.29 is 9.90 Å². The van der Waals surface area contributed by atoms with Crippen molar-refractivity contribution in [3.05, 3.63) is 35.4 Å². The van der Waals surface area contributed by atoms with Crippen LogP contribution in [-0.2, 0) is 12.0 Å². The van der Waals surface area contributed by atoms with Gasteiger partial charge in [-0.25, -0.2) is 4.79 Å². The number of benzene rings is 1. The van der Waals surface area contributed by atoms with Gasteiger partial charge in [0.05, 0.1) is 0 Å². The van der Waals surface area contributed by atoms with Gasteiger partial charge in [0, 0.05) is 43.7 Å². The van der Waals surface area contributed by atoms with Gasteiger partial charge in [-0.05, 0) is 62.7 Å². The zero-order valence-electron chi connectivity index (χ0n) is 19.0. The first-order chi connectivity index (χ1) is 15.1. The monoisotopic (exact) mass is 425 g/mol. The van der Waals surface area contributed by atoms with Gasteiger partial charge in [0.1, 0.15) is 0 Å². The van der Waals surface area contributed by atoms with E-state index in [9.17, 15) is 9.90 Å². The van der Waals surface area contributed by atoms with Gasteiger partial charge in [-0.15, -0.1) is 0 Å². The number of carbonyl (C=O) groups is 1. The van der Waals surface area contributed by atoms with Gasteiger partial charge in [-0.1, -0.05) is 49.9 Å². The Morgan fingerprint density at radius 2 is 1.48 bits per heavy atom. The van der Waals surface area contributed by atoms with Crippen LogP contribution < -0.4 is 0 Å². The molecule has 170 valence electrons. The number of amides is 1. The highest BCUT2D eigenvalue weighted by Gasteiger charge is 2.44. The lowest BCUT2D eigenvalue weighted by molar-refractivity contribution is 0.0366. The summed E-state index contributed by atoms with van der Waals surface area (Å²) in [7, 11) is 0. The third-order valence-corrected chi connectivity index (χ3v) is 8.82. The Morgan fingerprint density at radius 1 is 0.839 bits per heavy atom. The summed E-state index contributed by atoms with van der Waals surface area (Å²) in [6.07, 6.45) is 12.1.